The first-order valence-electron chi connectivity index (χ1n) is 7.07. The second kappa shape index (κ2) is 8.29. The largest absolute Gasteiger partial charge is 0.396 e. The highest BCUT2D eigenvalue weighted by Crippen LogP contribution is 2.16. The van der Waals surface area contributed by atoms with Crippen molar-refractivity contribution in [3.05, 3.63) is 35.4 Å². The lowest BCUT2D eigenvalue weighted by atomic mass is 9.95. The first-order chi connectivity index (χ1) is 9.81. The first kappa shape index (κ1) is 15.4. The summed E-state index contributed by atoms with van der Waals surface area (Å²) in [5.74, 6) is 1.93. The minimum absolute atomic E-state index is 0.0854. The fourth-order valence-corrected chi connectivity index (χ4v) is 3.06. The van der Waals surface area contributed by atoms with Crippen LogP contribution in [0.25, 0.3) is 0 Å². The van der Waals surface area contributed by atoms with E-state index >= 15 is 0 Å². The van der Waals surface area contributed by atoms with Gasteiger partial charge in [-0.3, -0.25) is 4.79 Å². The summed E-state index contributed by atoms with van der Waals surface area (Å²) in [6, 6.07) is 8.14. The Labute approximate surface area is 124 Å². The van der Waals surface area contributed by atoms with Crippen LogP contribution in [0.2, 0.25) is 0 Å². The molecular weight excluding hydrogens is 272 g/mol. The molecule has 5 heteroatoms. The lowest BCUT2D eigenvalue weighted by Crippen LogP contribution is -2.48. The van der Waals surface area contributed by atoms with Gasteiger partial charge in [-0.2, -0.15) is 11.8 Å². The zero-order valence-electron chi connectivity index (χ0n) is 11.6. The van der Waals surface area contributed by atoms with Crippen molar-refractivity contribution < 1.29 is 9.90 Å². The number of amides is 1. The van der Waals surface area contributed by atoms with Gasteiger partial charge in [0.1, 0.15) is 0 Å². The van der Waals surface area contributed by atoms with Crippen LogP contribution >= 0.6 is 11.8 Å². The van der Waals surface area contributed by atoms with E-state index < -0.39 is 0 Å². The lowest BCUT2D eigenvalue weighted by Gasteiger charge is -2.25. The van der Waals surface area contributed by atoms with Gasteiger partial charge in [-0.05, 0) is 29.7 Å². The summed E-state index contributed by atoms with van der Waals surface area (Å²) >= 11 is 1.76. The summed E-state index contributed by atoms with van der Waals surface area (Å²) in [4.78, 5) is 12.1. The molecule has 0 fully saturated rings. The number of fused-ring (bicyclic) bond motifs is 1. The molecule has 0 aromatic heterocycles. The highest BCUT2D eigenvalue weighted by molar-refractivity contribution is 7.99. The van der Waals surface area contributed by atoms with E-state index in [1.54, 1.807) is 11.8 Å². The predicted octanol–water partition coefficient (Wildman–Crippen LogP) is 0.933. The quantitative estimate of drug-likeness (QED) is 0.655. The standard InChI is InChI=1S/C15H22N2O2S/c18-7-3-8-20-9-6-16-15(19)14-10-12-4-1-2-5-13(12)11-17-14/h1-2,4-5,14,17-18H,3,6-11H2,(H,16,19)/t14-/m0/s1. The molecule has 3 N–H and O–H groups in total. The van der Waals surface area contributed by atoms with Crippen LogP contribution in [0.4, 0.5) is 0 Å². The van der Waals surface area contributed by atoms with Crippen molar-refractivity contribution in [2.75, 3.05) is 24.7 Å². The summed E-state index contributed by atoms with van der Waals surface area (Å²) in [5, 5.41) is 14.9. The third-order valence-corrected chi connectivity index (χ3v) is 4.46. The van der Waals surface area contributed by atoms with Crippen molar-refractivity contribution in [1.82, 2.24) is 10.6 Å². The van der Waals surface area contributed by atoms with Gasteiger partial charge in [0.25, 0.3) is 0 Å². The number of aliphatic hydroxyl groups excluding tert-OH is 1. The summed E-state index contributed by atoms with van der Waals surface area (Å²) < 4.78 is 0. The molecule has 0 bridgehead atoms. The summed E-state index contributed by atoms with van der Waals surface area (Å²) in [5.41, 5.74) is 2.56. The van der Waals surface area contributed by atoms with Crippen LogP contribution in [0.15, 0.2) is 24.3 Å². The van der Waals surface area contributed by atoms with E-state index in [4.69, 9.17) is 5.11 Å². The molecule has 1 aliphatic heterocycles. The molecule has 1 heterocycles. The zero-order valence-corrected chi connectivity index (χ0v) is 12.4. The molecule has 0 radical (unpaired) electrons. The van der Waals surface area contributed by atoms with E-state index in [9.17, 15) is 4.79 Å². The number of benzene rings is 1. The molecule has 0 saturated heterocycles. The lowest BCUT2D eigenvalue weighted by molar-refractivity contribution is -0.123. The zero-order chi connectivity index (χ0) is 14.2. The van der Waals surface area contributed by atoms with Gasteiger partial charge in [-0.15, -0.1) is 0 Å². The molecule has 0 spiro atoms. The molecule has 0 saturated carbocycles. The smallest absolute Gasteiger partial charge is 0.237 e. The van der Waals surface area contributed by atoms with E-state index in [0.717, 1.165) is 30.9 Å². The van der Waals surface area contributed by atoms with E-state index in [1.165, 1.54) is 11.1 Å². The Hall–Kier alpha value is -1.04. The van der Waals surface area contributed by atoms with Gasteiger partial charge >= 0.3 is 0 Å². The van der Waals surface area contributed by atoms with Crippen molar-refractivity contribution >= 4 is 17.7 Å². The molecule has 20 heavy (non-hydrogen) atoms. The third kappa shape index (κ3) is 4.51. The average Bonchev–Trinajstić information content (AvgIpc) is 2.50. The number of nitrogens with one attached hydrogen (secondary N) is 2. The molecule has 1 atom stereocenters. The van der Waals surface area contributed by atoms with E-state index in [-0.39, 0.29) is 18.6 Å². The van der Waals surface area contributed by atoms with Gasteiger partial charge in [0.05, 0.1) is 6.04 Å². The average molecular weight is 294 g/mol. The summed E-state index contributed by atoms with van der Waals surface area (Å²) in [6.45, 7) is 1.69. The van der Waals surface area contributed by atoms with Gasteiger partial charge < -0.3 is 15.7 Å². The van der Waals surface area contributed by atoms with Crippen LogP contribution in [-0.4, -0.2) is 41.7 Å². The molecule has 0 aliphatic carbocycles. The predicted molar refractivity (Wildman–Crippen MR) is 82.8 cm³/mol. The Balaban J connectivity index is 1.69. The van der Waals surface area contributed by atoms with Crippen LogP contribution in [0.1, 0.15) is 17.5 Å². The van der Waals surface area contributed by atoms with Crippen LogP contribution in [0.5, 0.6) is 0 Å². The van der Waals surface area contributed by atoms with Gasteiger partial charge in [0.15, 0.2) is 0 Å². The normalized spacial score (nSPS) is 17.6. The first-order valence-corrected chi connectivity index (χ1v) is 8.23. The minimum Gasteiger partial charge on any atom is -0.396 e. The van der Waals surface area contributed by atoms with Crippen molar-refractivity contribution in [1.29, 1.82) is 0 Å². The maximum absolute atomic E-state index is 12.1. The summed E-state index contributed by atoms with van der Waals surface area (Å²) in [6.07, 6.45) is 1.58. The third-order valence-electron chi connectivity index (χ3n) is 3.39. The molecule has 2 rings (SSSR count). The number of thioether (sulfide) groups is 1. The molecule has 0 unspecified atom stereocenters. The topological polar surface area (TPSA) is 61.4 Å². The monoisotopic (exact) mass is 294 g/mol. The van der Waals surface area contributed by atoms with Crippen LogP contribution in [-0.2, 0) is 17.8 Å². The van der Waals surface area contributed by atoms with Crippen LogP contribution in [0.3, 0.4) is 0 Å². The number of carbonyl (C=O) groups is 1. The Morgan fingerprint density at radius 3 is 2.95 bits per heavy atom. The van der Waals surface area contributed by atoms with E-state index in [1.807, 2.05) is 12.1 Å². The van der Waals surface area contributed by atoms with Crippen molar-refractivity contribution in [3.63, 3.8) is 0 Å². The fraction of sp³-hybridized carbons (Fsp3) is 0.533. The number of rotatable bonds is 7. The molecule has 1 aliphatic rings. The maximum atomic E-state index is 12.1. The molecule has 1 amide bonds. The minimum atomic E-state index is -0.118. The molecule has 1 aromatic carbocycles. The Bertz CT molecular complexity index is 440. The summed E-state index contributed by atoms with van der Waals surface area (Å²) in [7, 11) is 0. The second-order valence-electron chi connectivity index (χ2n) is 4.89. The number of hydrogen-bond acceptors (Lipinski definition) is 4. The molecule has 1 aromatic rings. The van der Waals surface area contributed by atoms with Crippen molar-refractivity contribution in [2.45, 2.75) is 25.4 Å². The Morgan fingerprint density at radius 1 is 1.35 bits per heavy atom. The van der Waals surface area contributed by atoms with Gasteiger partial charge in [-0.25, -0.2) is 0 Å². The Morgan fingerprint density at radius 2 is 2.15 bits per heavy atom. The fourth-order valence-electron chi connectivity index (χ4n) is 2.28. The number of aliphatic hydroxyl groups is 1. The van der Waals surface area contributed by atoms with Gasteiger partial charge in [-0.1, -0.05) is 24.3 Å². The molecule has 4 nitrogen and oxygen atoms in total. The number of carbonyl (C=O) groups excluding carboxylic acids is 1. The van der Waals surface area contributed by atoms with E-state index in [0.29, 0.717) is 6.54 Å². The van der Waals surface area contributed by atoms with Gasteiger partial charge in [0, 0.05) is 25.4 Å². The SMILES string of the molecule is O=C(NCCSCCCO)[C@@H]1Cc2ccccc2CN1. The molecular formula is C15H22N2O2S. The highest BCUT2D eigenvalue weighted by Gasteiger charge is 2.23. The highest BCUT2D eigenvalue weighted by atomic mass is 32.2. The van der Waals surface area contributed by atoms with Crippen LogP contribution in [0, 0.1) is 0 Å². The number of hydrogen-bond donors (Lipinski definition) is 3. The van der Waals surface area contributed by atoms with E-state index in [2.05, 4.69) is 22.8 Å². The maximum Gasteiger partial charge on any atom is 0.237 e. The van der Waals surface area contributed by atoms with Crippen LogP contribution < -0.4 is 10.6 Å². The molecule has 110 valence electrons. The van der Waals surface area contributed by atoms with Crippen molar-refractivity contribution in [3.8, 4) is 0 Å². The Kier molecular flexibility index (Phi) is 6.36. The second-order valence-corrected chi connectivity index (χ2v) is 6.11. The van der Waals surface area contributed by atoms with Gasteiger partial charge in [0.2, 0.25) is 5.91 Å². The van der Waals surface area contributed by atoms with Crippen molar-refractivity contribution in [2.24, 2.45) is 0 Å².